The molecule has 0 bridgehead atoms. The van der Waals surface area contributed by atoms with Crippen molar-refractivity contribution in [1.82, 2.24) is 9.88 Å². The van der Waals surface area contributed by atoms with E-state index < -0.39 is 0 Å². The van der Waals surface area contributed by atoms with Crippen LogP contribution in [0.3, 0.4) is 0 Å². The average Bonchev–Trinajstić information content (AvgIpc) is 2.62. The zero-order valence-electron chi connectivity index (χ0n) is 14.3. The first kappa shape index (κ1) is 16.5. The Balaban J connectivity index is 1.55. The summed E-state index contributed by atoms with van der Waals surface area (Å²) in [5.41, 5.74) is 2.00. The third-order valence-corrected chi connectivity index (χ3v) is 4.50. The topological polar surface area (TPSA) is 48.5 Å². The van der Waals surface area contributed by atoms with Gasteiger partial charge in [0, 0.05) is 38.1 Å². The molecular formula is C19H24N4O. The van der Waals surface area contributed by atoms with Gasteiger partial charge in [-0.2, -0.15) is 0 Å². The quantitative estimate of drug-likeness (QED) is 0.939. The lowest BCUT2D eigenvalue weighted by atomic mass is 10.2. The fourth-order valence-corrected chi connectivity index (χ4v) is 3.01. The molecule has 126 valence electrons. The third-order valence-electron chi connectivity index (χ3n) is 4.50. The maximum absolute atomic E-state index is 12.5. The third kappa shape index (κ3) is 3.92. The molecule has 0 radical (unpaired) electrons. The molecule has 1 N–H and O–H groups in total. The van der Waals surface area contributed by atoms with Crippen molar-refractivity contribution in [2.75, 3.05) is 36.4 Å². The molecule has 1 aromatic carbocycles. The van der Waals surface area contributed by atoms with Gasteiger partial charge in [-0.05, 0) is 43.7 Å². The van der Waals surface area contributed by atoms with Crippen molar-refractivity contribution in [2.24, 2.45) is 0 Å². The molecule has 0 aliphatic carbocycles. The molecule has 0 saturated carbocycles. The van der Waals surface area contributed by atoms with E-state index in [0.717, 1.165) is 43.2 Å². The summed E-state index contributed by atoms with van der Waals surface area (Å²) in [4.78, 5) is 21.4. The number of rotatable bonds is 4. The van der Waals surface area contributed by atoms with Crippen LogP contribution in [0.1, 0.15) is 12.5 Å². The standard InChI is InChI=1S/C19H24N4O/c1-15-6-5-7-17(14-15)21-19(24)16(2)22-10-12-23(13-11-22)18-8-3-4-9-20-18/h3-9,14,16H,10-13H2,1-2H3,(H,21,24). The van der Waals surface area contributed by atoms with Crippen molar-refractivity contribution in [3.05, 3.63) is 54.2 Å². The number of hydrogen-bond acceptors (Lipinski definition) is 4. The molecule has 0 spiro atoms. The van der Waals surface area contributed by atoms with Crippen LogP contribution in [0.5, 0.6) is 0 Å². The summed E-state index contributed by atoms with van der Waals surface area (Å²) in [5, 5.41) is 3.02. The van der Waals surface area contributed by atoms with E-state index >= 15 is 0 Å². The second-order valence-corrected chi connectivity index (χ2v) is 6.25. The highest BCUT2D eigenvalue weighted by Crippen LogP contribution is 2.15. The Bertz CT molecular complexity index is 681. The van der Waals surface area contributed by atoms with Gasteiger partial charge in [0.2, 0.25) is 5.91 Å². The highest BCUT2D eigenvalue weighted by molar-refractivity contribution is 5.94. The summed E-state index contributed by atoms with van der Waals surface area (Å²) in [7, 11) is 0. The lowest BCUT2D eigenvalue weighted by Gasteiger charge is -2.37. The Morgan fingerprint density at radius 2 is 1.92 bits per heavy atom. The number of aryl methyl sites for hydroxylation is 1. The number of hydrogen-bond donors (Lipinski definition) is 1. The molecule has 1 amide bonds. The molecule has 1 fully saturated rings. The van der Waals surface area contributed by atoms with E-state index in [1.807, 2.05) is 62.5 Å². The van der Waals surface area contributed by atoms with Gasteiger partial charge >= 0.3 is 0 Å². The van der Waals surface area contributed by atoms with Gasteiger partial charge in [-0.1, -0.05) is 18.2 Å². The second kappa shape index (κ2) is 7.45. The number of piperazine rings is 1. The summed E-state index contributed by atoms with van der Waals surface area (Å²) < 4.78 is 0. The molecule has 1 aromatic heterocycles. The number of anilines is 2. The van der Waals surface area contributed by atoms with Gasteiger partial charge in [-0.3, -0.25) is 9.69 Å². The Morgan fingerprint density at radius 3 is 2.58 bits per heavy atom. The monoisotopic (exact) mass is 324 g/mol. The summed E-state index contributed by atoms with van der Waals surface area (Å²) in [5.74, 6) is 1.06. The van der Waals surface area contributed by atoms with Gasteiger partial charge in [0.05, 0.1) is 6.04 Å². The van der Waals surface area contributed by atoms with E-state index in [-0.39, 0.29) is 11.9 Å². The molecule has 1 aliphatic rings. The highest BCUT2D eigenvalue weighted by atomic mass is 16.2. The van der Waals surface area contributed by atoms with Crippen molar-refractivity contribution < 1.29 is 4.79 Å². The lowest BCUT2D eigenvalue weighted by molar-refractivity contribution is -0.120. The largest absolute Gasteiger partial charge is 0.354 e. The second-order valence-electron chi connectivity index (χ2n) is 6.25. The van der Waals surface area contributed by atoms with Gasteiger partial charge in [-0.15, -0.1) is 0 Å². The summed E-state index contributed by atoms with van der Waals surface area (Å²) in [6.07, 6.45) is 1.82. The number of benzene rings is 1. The number of amides is 1. The van der Waals surface area contributed by atoms with E-state index in [2.05, 4.69) is 20.1 Å². The van der Waals surface area contributed by atoms with E-state index in [9.17, 15) is 4.79 Å². The smallest absolute Gasteiger partial charge is 0.241 e. The van der Waals surface area contributed by atoms with Crippen LogP contribution in [0.2, 0.25) is 0 Å². The Hall–Kier alpha value is -2.40. The normalized spacial score (nSPS) is 16.7. The molecule has 3 rings (SSSR count). The summed E-state index contributed by atoms with van der Waals surface area (Å²) in [6, 6.07) is 13.7. The van der Waals surface area contributed by atoms with Gasteiger partial charge < -0.3 is 10.2 Å². The maximum atomic E-state index is 12.5. The molecule has 1 saturated heterocycles. The molecule has 1 unspecified atom stereocenters. The lowest BCUT2D eigenvalue weighted by Crippen LogP contribution is -2.53. The van der Waals surface area contributed by atoms with Crippen molar-refractivity contribution in [3.63, 3.8) is 0 Å². The molecule has 24 heavy (non-hydrogen) atoms. The molecular weight excluding hydrogens is 300 g/mol. The first-order chi connectivity index (χ1) is 11.6. The zero-order chi connectivity index (χ0) is 16.9. The van der Waals surface area contributed by atoms with Gasteiger partial charge in [0.25, 0.3) is 0 Å². The highest BCUT2D eigenvalue weighted by Gasteiger charge is 2.26. The summed E-state index contributed by atoms with van der Waals surface area (Å²) >= 11 is 0. The van der Waals surface area contributed by atoms with Crippen LogP contribution in [0.25, 0.3) is 0 Å². The predicted octanol–water partition coefficient (Wildman–Crippen LogP) is 2.54. The Kier molecular flexibility index (Phi) is 5.11. The van der Waals surface area contributed by atoms with E-state index in [1.54, 1.807) is 0 Å². The van der Waals surface area contributed by atoms with E-state index in [0.29, 0.717) is 0 Å². The average molecular weight is 324 g/mol. The van der Waals surface area contributed by atoms with Crippen LogP contribution >= 0.6 is 0 Å². The van der Waals surface area contributed by atoms with Crippen molar-refractivity contribution >= 4 is 17.4 Å². The summed E-state index contributed by atoms with van der Waals surface area (Å²) in [6.45, 7) is 7.49. The van der Waals surface area contributed by atoms with Crippen molar-refractivity contribution in [1.29, 1.82) is 0 Å². The van der Waals surface area contributed by atoms with Crippen molar-refractivity contribution in [2.45, 2.75) is 19.9 Å². The first-order valence-electron chi connectivity index (χ1n) is 8.41. The number of carbonyl (C=O) groups excluding carboxylic acids is 1. The minimum absolute atomic E-state index is 0.0480. The number of pyridine rings is 1. The van der Waals surface area contributed by atoms with E-state index in [4.69, 9.17) is 0 Å². The fourth-order valence-electron chi connectivity index (χ4n) is 3.01. The van der Waals surface area contributed by atoms with Crippen molar-refractivity contribution in [3.8, 4) is 0 Å². The minimum Gasteiger partial charge on any atom is -0.354 e. The number of nitrogens with one attached hydrogen (secondary N) is 1. The number of nitrogens with zero attached hydrogens (tertiary/aromatic N) is 3. The van der Waals surface area contributed by atoms with Gasteiger partial charge in [0.15, 0.2) is 0 Å². The Morgan fingerprint density at radius 1 is 1.12 bits per heavy atom. The molecule has 2 heterocycles. The van der Waals surface area contributed by atoms with Crippen LogP contribution in [0, 0.1) is 6.92 Å². The van der Waals surface area contributed by atoms with Crippen LogP contribution in [-0.2, 0) is 4.79 Å². The van der Waals surface area contributed by atoms with Gasteiger partial charge in [-0.25, -0.2) is 4.98 Å². The SMILES string of the molecule is Cc1cccc(NC(=O)C(C)N2CCN(c3ccccn3)CC2)c1. The predicted molar refractivity (Wildman–Crippen MR) is 97.3 cm³/mol. The Labute approximate surface area is 143 Å². The number of aromatic nitrogens is 1. The molecule has 1 aliphatic heterocycles. The number of carbonyl (C=O) groups is 1. The van der Waals surface area contributed by atoms with Crippen LogP contribution in [0.15, 0.2) is 48.7 Å². The van der Waals surface area contributed by atoms with Crippen LogP contribution < -0.4 is 10.2 Å². The molecule has 5 heteroatoms. The van der Waals surface area contributed by atoms with Gasteiger partial charge in [0.1, 0.15) is 5.82 Å². The fraction of sp³-hybridized carbons (Fsp3) is 0.368. The molecule has 1 atom stereocenters. The first-order valence-corrected chi connectivity index (χ1v) is 8.41. The minimum atomic E-state index is -0.142. The van der Waals surface area contributed by atoms with Crippen LogP contribution in [0.4, 0.5) is 11.5 Å². The zero-order valence-corrected chi connectivity index (χ0v) is 14.3. The van der Waals surface area contributed by atoms with E-state index in [1.165, 1.54) is 0 Å². The molecule has 2 aromatic rings. The molecule has 5 nitrogen and oxygen atoms in total. The van der Waals surface area contributed by atoms with Crippen LogP contribution in [-0.4, -0.2) is 48.0 Å². The maximum Gasteiger partial charge on any atom is 0.241 e.